The standard InChI is InChI=1S/C13H26N2O/c1-13(7-3-4-8-14-13)11-15(2)10-12-6-5-9-16-12/h12,14H,3-11H2,1-2H3. The highest BCUT2D eigenvalue weighted by Crippen LogP contribution is 2.20. The van der Waals surface area contributed by atoms with Crippen molar-refractivity contribution in [3.05, 3.63) is 0 Å². The molecule has 2 saturated heterocycles. The van der Waals surface area contributed by atoms with Crippen LogP contribution >= 0.6 is 0 Å². The van der Waals surface area contributed by atoms with Gasteiger partial charge >= 0.3 is 0 Å². The van der Waals surface area contributed by atoms with Gasteiger partial charge in [0.05, 0.1) is 6.10 Å². The minimum atomic E-state index is 0.325. The molecular formula is C13H26N2O. The zero-order valence-electron chi connectivity index (χ0n) is 10.8. The first-order valence-corrected chi connectivity index (χ1v) is 6.73. The van der Waals surface area contributed by atoms with E-state index in [0.29, 0.717) is 11.6 Å². The van der Waals surface area contributed by atoms with Gasteiger partial charge in [-0.25, -0.2) is 0 Å². The smallest absolute Gasteiger partial charge is 0.0702 e. The summed E-state index contributed by atoms with van der Waals surface area (Å²) in [6.45, 7) is 6.75. The number of nitrogens with zero attached hydrogens (tertiary/aromatic N) is 1. The number of piperidine rings is 1. The summed E-state index contributed by atoms with van der Waals surface area (Å²) in [5.74, 6) is 0. The lowest BCUT2D eigenvalue weighted by Gasteiger charge is -2.38. The van der Waals surface area contributed by atoms with Crippen molar-refractivity contribution < 1.29 is 4.74 Å². The van der Waals surface area contributed by atoms with Gasteiger partial charge in [0.25, 0.3) is 0 Å². The first-order valence-electron chi connectivity index (χ1n) is 6.73. The fourth-order valence-corrected chi connectivity index (χ4v) is 3.05. The molecule has 1 N–H and O–H groups in total. The maximum atomic E-state index is 5.68. The molecule has 0 aliphatic carbocycles. The van der Waals surface area contributed by atoms with Crippen LogP contribution in [-0.2, 0) is 4.74 Å². The summed E-state index contributed by atoms with van der Waals surface area (Å²) in [5.41, 5.74) is 0.325. The summed E-state index contributed by atoms with van der Waals surface area (Å²) < 4.78 is 5.68. The van der Waals surface area contributed by atoms with Crippen molar-refractivity contribution in [2.75, 3.05) is 33.3 Å². The molecule has 0 saturated carbocycles. The minimum Gasteiger partial charge on any atom is -0.377 e. The van der Waals surface area contributed by atoms with E-state index in [1.807, 2.05) is 0 Å². The third-order valence-corrected chi connectivity index (χ3v) is 3.87. The second-order valence-corrected chi connectivity index (χ2v) is 5.78. The Bertz CT molecular complexity index is 208. The van der Waals surface area contributed by atoms with Gasteiger partial charge < -0.3 is 15.0 Å². The van der Waals surface area contributed by atoms with Crippen molar-refractivity contribution in [1.82, 2.24) is 10.2 Å². The number of hydrogen-bond acceptors (Lipinski definition) is 3. The van der Waals surface area contributed by atoms with E-state index in [-0.39, 0.29) is 0 Å². The van der Waals surface area contributed by atoms with Gasteiger partial charge in [-0.2, -0.15) is 0 Å². The van der Waals surface area contributed by atoms with Crippen LogP contribution in [0, 0.1) is 0 Å². The van der Waals surface area contributed by atoms with Gasteiger partial charge in [0, 0.05) is 25.2 Å². The third-order valence-electron chi connectivity index (χ3n) is 3.87. The Hall–Kier alpha value is -0.120. The van der Waals surface area contributed by atoms with E-state index in [4.69, 9.17) is 4.74 Å². The Morgan fingerprint density at radius 2 is 2.25 bits per heavy atom. The van der Waals surface area contributed by atoms with Crippen molar-refractivity contribution in [3.8, 4) is 0 Å². The number of rotatable bonds is 4. The molecule has 0 aromatic heterocycles. The van der Waals surface area contributed by atoms with Crippen molar-refractivity contribution in [1.29, 1.82) is 0 Å². The number of ether oxygens (including phenoxy) is 1. The molecule has 94 valence electrons. The zero-order valence-corrected chi connectivity index (χ0v) is 10.8. The highest BCUT2D eigenvalue weighted by molar-refractivity contribution is 4.89. The second kappa shape index (κ2) is 5.48. The molecule has 0 bridgehead atoms. The van der Waals surface area contributed by atoms with E-state index >= 15 is 0 Å². The van der Waals surface area contributed by atoms with Crippen molar-refractivity contribution in [3.63, 3.8) is 0 Å². The maximum absolute atomic E-state index is 5.68. The Labute approximate surface area is 99.5 Å². The van der Waals surface area contributed by atoms with E-state index in [0.717, 1.165) is 19.7 Å². The van der Waals surface area contributed by atoms with Gasteiger partial charge in [-0.05, 0) is 46.2 Å². The second-order valence-electron chi connectivity index (χ2n) is 5.78. The molecule has 0 spiro atoms. The average Bonchev–Trinajstić information content (AvgIpc) is 2.70. The molecule has 0 radical (unpaired) electrons. The first-order chi connectivity index (χ1) is 7.68. The van der Waals surface area contributed by atoms with Crippen LogP contribution in [0.3, 0.4) is 0 Å². The van der Waals surface area contributed by atoms with Crippen LogP contribution in [0.25, 0.3) is 0 Å². The predicted octanol–water partition coefficient (Wildman–Crippen LogP) is 1.63. The third kappa shape index (κ3) is 3.44. The maximum Gasteiger partial charge on any atom is 0.0702 e. The molecule has 2 unspecified atom stereocenters. The van der Waals surface area contributed by atoms with E-state index < -0.39 is 0 Å². The summed E-state index contributed by atoms with van der Waals surface area (Å²) in [7, 11) is 2.23. The molecule has 2 heterocycles. The number of likely N-dealkylation sites (N-methyl/N-ethyl adjacent to an activating group) is 1. The molecule has 2 aliphatic rings. The molecule has 2 atom stereocenters. The normalized spacial score (nSPS) is 35.8. The van der Waals surface area contributed by atoms with Crippen molar-refractivity contribution >= 4 is 0 Å². The fourth-order valence-electron chi connectivity index (χ4n) is 3.05. The van der Waals surface area contributed by atoms with E-state index in [1.54, 1.807) is 0 Å². The predicted molar refractivity (Wildman–Crippen MR) is 66.7 cm³/mol. The molecule has 2 fully saturated rings. The molecule has 16 heavy (non-hydrogen) atoms. The van der Waals surface area contributed by atoms with Gasteiger partial charge in [0.15, 0.2) is 0 Å². The van der Waals surface area contributed by atoms with Gasteiger partial charge in [-0.1, -0.05) is 6.42 Å². The lowest BCUT2D eigenvalue weighted by atomic mass is 9.90. The molecule has 3 nitrogen and oxygen atoms in total. The number of nitrogens with one attached hydrogen (secondary N) is 1. The summed E-state index contributed by atoms with van der Waals surface area (Å²) in [6, 6.07) is 0. The Morgan fingerprint density at radius 3 is 2.88 bits per heavy atom. The highest BCUT2D eigenvalue weighted by atomic mass is 16.5. The zero-order chi connectivity index (χ0) is 11.4. The molecule has 0 aromatic carbocycles. The van der Waals surface area contributed by atoms with Gasteiger partial charge in [0.1, 0.15) is 0 Å². The van der Waals surface area contributed by atoms with Crippen LogP contribution in [-0.4, -0.2) is 49.8 Å². The average molecular weight is 226 g/mol. The Balaban J connectivity index is 1.74. The SMILES string of the molecule is CN(CC1CCCO1)CC1(C)CCCCN1. The van der Waals surface area contributed by atoms with E-state index in [2.05, 4.69) is 24.2 Å². The Morgan fingerprint density at radius 1 is 1.38 bits per heavy atom. The topological polar surface area (TPSA) is 24.5 Å². The molecule has 0 amide bonds. The summed E-state index contributed by atoms with van der Waals surface area (Å²) in [5, 5.41) is 3.67. The molecule has 2 rings (SSSR count). The van der Waals surface area contributed by atoms with E-state index in [9.17, 15) is 0 Å². The van der Waals surface area contributed by atoms with Crippen molar-refractivity contribution in [2.24, 2.45) is 0 Å². The molecule has 3 heteroatoms. The van der Waals surface area contributed by atoms with Gasteiger partial charge in [0.2, 0.25) is 0 Å². The van der Waals surface area contributed by atoms with E-state index in [1.165, 1.54) is 38.6 Å². The van der Waals surface area contributed by atoms with Gasteiger partial charge in [-0.15, -0.1) is 0 Å². The lowest BCUT2D eigenvalue weighted by molar-refractivity contribution is 0.0695. The minimum absolute atomic E-state index is 0.325. The summed E-state index contributed by atoms with van der Waals surface area (Å²) in [4.78, 5) is 2.44. The monoisotopic (exact) mass is 226 g/mol. The lowest BCUT2D eigenvalue weighted by Crippen LogP contribution is -2.53. The largest absolute Gasteiger partial charge is 0.377 e. The van der Waals surface area contributed by atoms with Crippen LogP contribution in [0.15, 0.2) is 0 Å². The number of hydrogen-bond donors (Lipinski definition) is 1. The highest BCUT2D eigenvalue weighted by Gasteiger charge is 2.28. The van der Waals surface area contributed by atoms with Crippen LogP contribution < -0.4 is 5.32 Å². The Kier molecular flexibility index (Phi) is 4.22. The summed E-state index contributed by atoms with van der Waals surface area (Å²) in [6.07, 6.45) is 6.99. The molecule has 2 aliphatic heterocycles. The first kappa shape index (κ1) is 12.3. The van der Waals surface area contributed by atoms with Crippen LogP contribution in [0.2, 0.25) is 0 Å². The van der Waals surface area contributed by atoms with Crippen LogP contribution in [0.5, 0.6) is 0 Å². The molecular weight excluding hydrogens is 200 g/mol. The van der Waals surface area contributed by atoms with Crippen LogP contribution in [0.4, 0.5) is 0 Å². The van der Waals surface area contributed by atoms with Crippen LogP contribution in [0.1, 0.15) is 39.0 Å². The van der Waals surface area contributed by atoms with Gasteiger partial charge in [-0.3, -0.25) is 0 Å². The fraction of sp³-hybridized carbons (Fsp3) is 1.00. The quantitative estimate of drug-likeness (QED) is 0.788. The van der Waals surface area contributed by atoms with Crippen molar-refractivity contribution in [2.45, 2.75) is 50.7 Å². The molecule has 0 aromatic rings. The summed E-state index contributed by atoms with van der Waals surface area (Å²) >= 11 is 0.